The third-order valence-electron chi connectivity index (χ3n) is 2.50. The molecule has 0 saturated carbocycles. The van der Waals surface area contributed by atoms with Crippen molar-refractivity contribution in [3.63, 3.8) is 0 Å². The molecule has 0 N–H and O–H groups in total. The maximum atomic E-state index is 10.7. The van der Waals surface area contributed by atoms with Crippen molar-refractivity contribution in [2.75, 3.05) is 0 Å². The molecule has 0 aliphatic carbocycles. The predicted octanol–water partition coefficient (Wildman–Crippen LogP) is 1.33. The highest BCUT2D eigenvalue weighted by molar-refractivity contribution is 7.80. The second kappa shape index (κ2) is 6.94. The first-order chi connectivity index (χ1) is 9.22. The Morgan fingerprint density at radius 2 is 0.950 bits per heavy atom. The van der Waals surface area contributed by atoms with E-state index in [4.69, 9.17) is 43.4 Å². The van der Waals surface area contributed by atoms with Gasteiger partial charge < -0.3 is 18.9 Å². The van der Waals surface area contributed by atoms with Crippen LogP contribution >= 0.6 is 24.4 Å². The van der Waals surface area contributed by atoms with Gasteiger partial charge in [0.25, 0.3) is 0 Å². The van der Waals surface area contributed by atoms with Gasteiger partial charge in [-0.25, -0.2) is 9.59 Å². The summed E-state index contributed by atoms with van der Waals surface area (Å²) in [4.78, 5) is 21.5. The zero-order valence-corrected chi connectivity index (χ0v) is 13.2. The van der Waals surface area contributed by atoms with Crippen molar-refractivity contribution in [3.8, 4) is 0 Å². The van der Waals surface area contributed by atoms with Crippen molar-refractivity contribution in [3.05, 3.63) is 0 Å². The third kappa shape index (κ3) is 4.38. The zero-order chi connectivity index (χ0) is 15.4. The monoisotopic (exact) mass is 320 g/mol. The summed E-state index contributed by atoms with van der Waals surface area (Å²) in [5.74, 6) is -0.692. The molecule has 2 rings (SSSR count). The fraction of sp³-hybridized carbons (Fsp3) is 0.667. The minimum absolute atomic E-state index is 0.346. The number of cyclic esters (lactones) is 2. The average molecular weight is 320 g/mol. The maximum Gasteiger partial charge on any atom is 0.347 e. The average Bonchev–Trinajstić information content (AvgIpc) is 2.35. The summed E-state index contributed by atoms with van der Waals surface area (Å²) >= 11 is 9.52. The quantitative estimate of drug-likeness (QED) is 0.489. The van der Waals surface area contributed by atoms with Gasteiger partial charge in [0.05, 0.1) is 0 Å². The van der Waals surface area contributed by atoms with E-state index in [1.165, 1.54) is 0 Å². The van der Waals surface area contributed by atoms with E-state index in [2.05, 4.69) is 0 Å². The Morgan fingerprint density at radius 1 is 0.650 bits per heavy atom. The minimum atomic E-state index is -0.538. The van der Waals surface area contributed by atoms with Crippen LogP contribution in [-0.2, 0) is 28.5 Å². The molecule has 0 aromatic heterocycles. The van der Waals surface area contributed by atoms with Crippen LogP contribution in [0.2, 0.25) is 0 Å². The Labute approximate surface area is 127 Å². The first-order valence-corrected chi connectivity index (χ1v) is 6.86. The fourth-order valence-electron chi connectivity index (χ4n) is 1.27. The van der Waals surface area contributed by atoms with Gasteiger partial charge in [-0.15, -0.1) is 0 Å². The van der Waals surface area contributed by atoms with E-state index >= 15 is 0 Å². The topological polar surface area (TPSA) is 71.1 Å². The molecular weight excluding hydrogens is 304 g/mol. The molecular formula is C12H16O6S2. The van der Waals surface area contributed by atoms with Crippen LogP contribution in [0.3, 0.4) is 0 Å². The van der Waals surface area contributed by atoms with Crippen LogP contribution in [0.25, 0.3) is 0 Å². The molecule has 6 nitrogen and oxygen atoms in total. The van der Waals surface area contributed by atoms with Crippen molar-refractivity contribution in [2.24, 2.45) is 0 Å². The van der Waals surface area contributed by atoms with Gasteiger partial charge in [0.15, 0.2) is 24.4 Å². The SMILES string of the molecule is C[C@@H]1OC(=S)[C@H](C)OC1=O.C[C@@H]1OC(=S)[C@H](C)OC1=O. The zero-order valence-electron chi connectivity index (χ0n) is 11.6. The van der Waals surface area contributed by atoms with Gasteiger partial charge in [-0.3, -0.25) is 0 Å². The Balaban J connectivity index is 0.000000200. The summed E-state index contributed by atoms with van der Waals surface area (Å²) < 4.78 is 19.5. The number of ether oxygens (including phenoxy) is 4. The van der Waals surface area contributed by atoms with E-state index in [1.54, 1.807) is 27.7 Å². The predicted molar refractivity (Wildman–Crippen MR) is 77.4 cm³/mol. The third-order valence-corrected chi connectivity index (χ3v) is 3.36. The molecule has 0 radical (unpaired) electrons. The molecule has 0 aromatic carbocycles. The Bertz CT molecular complexity index is 356. The molecule has 0 unspecified atom stereocenters. The van der Waals surface area contributed by atoms with Crippen LogP contribution in [0.4, 0.5) is 0 Å². The standard InChI is InChI=1S/2C6H8O3S/c2*1-3-5(7)8-4(2)6(10)9-3/h2*3-4H,1-2H3/t2*3-,4-/m00/s1. The normalized spacial score (nSPS) is 33.0. The molecule has 112 valence electrons. The van der Waals surface area contributed by atoms with Gasteiger partial charge >= 0.3 is 11.9 Å². The first kappa shape index (κ1) is 16.8. The van der Waals surface area contributed by atoms with Crippen LogP contribution in [0.15, 0.2) is 0 Å². The van der Waals surface area contributed by atoms with E-state index < -0.39 is 12.2 Å². The van der Waals surface area contributed by atoms with Gasteiger partial charge in [-0.1, -0.05) is 0 Å². The maximum absolute atomic E-state index is 10.7. The van der Waals surface area contributed by atoms with Gasteiger partial charge in [0.2, 0.25) is 10.1 Å². The molecule has 20 heavy (non-hydrogen) atoms. The number of hydrogen-bond donors (Lipinski definition) is 0. The second-order valence-electron chi connectivity index (χ2n) is 4.32. The Kier molecular flexibility index (Phi) is 5.82. The van der Waals surface area contributed by atoms with Crippen LogP contribution in [-0.4, -0.2) is 46.5 Å². The number of carbonyl (C=O) groups excluding carboxylic acids is 2. The summed E-state index contributed by atoms with van der Waals surface area (Å²) in [6.45, 7) is 6.60. The van der Waals surface area contributed by atoms with Crippen molar-refractivity contribution in [1.82, 2.24) is 0 Å². The molecule has 4 atom stereocenters. The lowest BCUT2D eigenvalue weighted by atomic mass is 10.3. The van der Waals surface area contributed by atoms with E-state index in [0.29, 0.717) is 10.1 Å². The van der Waals surface area contributed by atoms with E-state index in [1.807, 2.05) is 0 Å². The molecule has 2 saturated heterocycles. The summed E-state index contributed by atoms with van der Waals surface area (Å²) in [7, 11) is 0. The smallest absolute Gasteiger partial charge is 0.347 e. The molecule has 2 aliphatic rings. The highest BCUT2D eigenvalue weighted by atomic mass is 32.1. The fourth-order valence-corrected chi connectivity index (χ4v) is 1.66. The van der Waals surface area contributed by atoms with E-state index in [-0.39, 0.29) is 24.1 Å². The number of carbonyl (C=O) groups is 2. The van der Waals surface area contributed by atoms with Crippen LogP contribution in [0.1, 0.15) is 27.7 Å². The largest absolute Gasteiger partial charge is 0.469 e. The Hall–Kier alpha value is -1.28. The van der Waals surface area contributed by atoms with Crippen molar-refractivity contribution in [2.45, 2.75) is 52.1 Å². The number of esters is 2. The van der Waals surface area contributed by atoms with E-state index in [9.17, 15) is 9.59 Å². The summed E-state index contributed by atoms with van der Waals surface area (Å²) in [6.07, 6.45) is -1.83. The van der Waals surface area contributed by atoms with Gasteiger partial charge in [0, 0.05) is 0 Å². The lowest BCUT2D eigenvalue weighted by Crippen LogP contribution is -2.39. The molecule has 0 amide bonds. The van der Waals surface area contributed by atoms with Crippen molar-refractivity contribution >= 4 is 46.5 Å². The number of thiocarbonyl (C=S) groups is 2. The van der Waals surface area contributed by atoms with Crippen LogP contribution < -0.4 is 0 Å². The number of rotatable bonds is 0. The number of hydrogen-bond acceptors (Lipinski definition) is 8. The summed E-state index contributed by atoms with van der Waals surface area (Å²) in [5, 5.41) is 0.708. The lowest BCUT2D eigenvalue weighted by molar-refractivity contribution is -0.160. The highest BCUT2D eigenvalue weighted by Crippen LogP contribution is 2.11. The second-order valence-corrected chi connectivity index (χ2v) is 5.12. The van der Waals surface area contributed by atoms with Crippen LogP contribution in [0.5, 0.6) is 0 Å². The summed E-state index contributed by atoms with van der Waals surface area (Å²) in [5.41, 5.74) is 0. The molecule has 2 heterocycles. The van der Waals surface area contributed by atoms with Gasteiger partial charge in [0.1, 0.15) is 0 Å². The molecule has 0 spiro atoms. The van der Waals surface area contributed by atoms with Crippen molar-refractivity contribution in [1.29, 1.82) is 0 Å². The lowest BCUT2D eigenvalue weighted by Gasteiger charge is -2.24. The molecule has 0 bridgehead atoms. The first-order valence-electron chi connectivity index (χ1n) is 6.04. The minimum Gasteiger partial charge on any atom is -0.469 e. The molecule has 8 heteroatoms. The molecule has 2 aliphatic heterocycles. The highest BCUT2D eigenvalue weighted by Gasteiger charge is 2.30. The van der Waals surface area contributed by atoms with Crippen molar-refractivity contribution < 1.29 is 28.5 Å². The molecule has 2 fully saturated rings. The van der Waals surface area contributed by atoms with Crippen LogP contribution in [0, 0.1) is 0 Å². The van der Waals surface area contributed by atoms with E-state index in [0.717, 1.165) is 0 Å². The Morgan fingerprint density at radius 3 is 1.20 bits per heavy atom. The summed E-state index contributed by atoms with van der Waals surface area (Å²) in [6, 6.07) is 0. The van der Waals surface area contributed by atoms with Gasteiger partial charge in [-0.2, -0.15) is 0 Å². The van der Waals surface area contributed by atoms with Gasteiger partial charge in [-0.05, 0) is 52.1 Å². The molecule has 0 aromatic rings.